The summed E-state index contributed by atoms with van der Waals surface area (Å²) in [7, 11) is 1.48. The Kier molecular flexibility index (Phi) is 7.58. The Balaban J connectivity index is 1.55. The van der Waals surface area contributed by atoms with Crippen LogP contribution in [0.5, 0.6) is 11.6 Å². The number of hydrogen-bond acceptors (Lipinski definition) is 6. The Hall–Kier alpha value is -3.55. The van der Waals surface area contributed by atoms with Gasteiger partial charge in [0.1, 0.15) is 12.4 Å². The molecule has 1 atom stereocenters. The Morgan fingerprint density at radius 1 is 1.20 bits per heavy atom. The van der Waals surface area contributed by atoms with Crippen molar-refractivity contribution >= 4 is 5.97 Å². The molecule has 0 saturated heterocycles. The fourth-order valence-corrected chi connectivity index (χ4v) is 4.24. The van der Waals surface area contributed by atoms with Gasteiger partial charge >= 0.3 is 5.97 Å². The first-order valence-electron chi connectivity index (χ1n) is 11.8. The lowest BCUT2D eigenvalue weighted by Gasteiger charge is -2.16. The maximum Gasteiger partial charge on any atom is 0.303 e. The minimum atomic E-state index is -0.787. The van der Waals surface area contributed by atoms with E-state index in [1.807, 2.05) is 24.3 Å². The first-order chi connectivity index (χ1) is 16.8. The van der Waals surface area contributed by atoms with Gasteiger partial charge < -0.3 is 14.6 Å². The van der Waals surface area contributed by atoms with Gasteiger partial charge in [-0.2, -0.15) is 0 Å². The van der Waals surface area contributed by atoms with Crippen molar-refractivity contribution in [2.24, 2.45) is 11.8 Å². The van der Waals surface area contributed by atoms with E-state index >= 15 is 0 Å². The van der Waals surface area contributed by atoms with Crippen LogP contribution in [-0.2, 0) is 17.8 Å². The van der Waals surface area contributed by atoms with Crippen LogP contribution >= 0.6 is 0 Å². The second-order valence-corrected chi connectivity index (χ2v) is 9.36. The maximum atomic E-state index is 14.6. The van der Waals surface area contributed by atoms with Gasteiger partial charge in [-0.3, -0.25) is 14.8 Å². The predicted molar refractivity (Wildman–Crippen MR) is 129 cm³/mol. The van der Waals surface area contributed by atoms with Gasteiger partial charge in [0, 0.05) is 11.6 Å². The number of carboxylic acid groups (broad SMARTS) is 1. The third-order valence-corrected chi connectivity index (χ3v) is 6.05. The van der Waals surface area contributed by atoms with Crippen molar-refractivity contribution in [3.8, 4) is 22.9 Å². The number of methoxy groups -OCH3 is 1. The standard InChI is InChI=1S/C27H30FN3O4/c1-16(2)9-24-27(22-11-25(34-3)29-14-23(22)28)30-13-19(31-24)15-35-20-6-4-5-18(10-20)21(12-26(32)33)17-7-8-17/h4-6,10-11,13-14,16-17,21H,7-9,12,15H2,1-3H3,(H,32,33)/t21-/m0/s1. The largest absolute Gasteiger partial charge is 0.487 e. The molecule has 0 spiro atoms. The van der Waals surface area contributed by atoms with Gasteiger partial charge in [-0.05, 0) is 54.7 Å². The first-order valence-corrected chi connectivity index (χ1v) is 11.8. The molecule has 0 bridgehead atoms. The van der Waals surface area contributed by atoms with Crippen molar-refractivity contribution in [1.82, 2.24) is 15.0 Å². The number of pyridine rings is 1. The van der Waals surface area contributed by atoms with E-state index in [1.165, 1.54) is 13.2 Å². The number of ether oxygens (including phenoxy) is 2. The van der Waals surface area contributed by atoms with E-state index in [0.717, 1.165) is 24.6 Å². The maximum absolute atomic E-state index is 14.6. The number of nitrogens with zero attached hydrogens (tertiary/aromatic N) is 3. The lowest BCUT2D eigenvalue weighted by molar-refractivity contribution is -0.137. The van der Waals surface area contributed by atoms with E-state index in [-0.39, 0.29) is 24.9 Å². The Bertz CT molecular complexity index is 1200. The van der Waals surface area contributed by atoms with Crippen molar-refractivity contribution in [2.75, 3.05) is 7.11 Å². The summed E-state index contributed by atoms with van der Waals surface area (Å²) < 4.78 is 25.7. The summed E-state index contributed by atoms with van der Waals surface area (Å²) in [5.74, 6) is 0.391. The molecule has 2 heterocycles. The van der Waals surface area contributed by atoms with Crippen LogP contribution < -0.4 is 9.47 Å². The monoisotopic (exact) mass is 479 g/mol. The summed E-state index contributed by atoms with van der Waals surface area (Å²) >= 11 is 0. The zero-order chi connectivity index (χ0) is 24.9. The molecule has 2 aromatic heterocycles. The minimum absolute atomic E-state index is 0.0000182. The smallest absolute Gasteiger partial charge is 0.303 e. The zero-order valence-corrected chi connectivity index (χ0v) is 20.2. The van der Waals surface area contributed by atoms with E-state index in [4.69, 9.17) is 14.5 Å². The van der Waals surface area contributed by atoms with Gasteiger partial charge in [0.05, 0.1) is 43.0 Å². The quantitative estimate of drug-likeness (QED) is 0.392. The second-order valence-electron chi connectivity index (χ2n) is 9.36. The normalized spacial score (nSPS) is 14.1. The van der Waals surface area contributed by atoms with E-state index in [0.29, 0.717) is 46.6 Å². The molecule has 1 aliphatic carbocycles. The molecule has 0 aliphatic heterocycles. The minimum Gasteiger partial charge on any atom is -0.487 e. The first kappa shape index (κ1) is 24.6. The number of carbonyl (C=O) groups is 1. The Labute approximate surface area is 204 Å². The lowest BCUT2D eigenvalue weighted by Crippen LogP contribution is -2.09. The average Bonchev–Trinajstić information content (AvgIpc) is 3.67. The molecule has 8 heteroatoms. The highest BCUT2D eigenvalue weighted by atomic mass is 19.1. The third kappa shape index (κ3) is 6.32. The summed E-state index contributed by atoms with van der Waals surface area (Å²) in [4.78, 5) is 24.5. The van der Waals surface area contributed by atoms with E-state index in [1.54, 1.807) is 6.20 Å². The van der Waals surface area contributed by atoms with Crippen LogP contribution in [-0.4, -0.2) is 33.1 Å². The van der Waals surface area contributed by atoms with Crippen molar-refractivity contribution in [1.29, 1.82) is 0 Å². The van der Waals surface area contributed by atoms with Crippen molar-refractivity contribution in [3.63, 3.8) is 0 Å². The fraction of sp³-hybridized carbons (Fsp3) is 0.407. The molecule has 7 nitrogen and oxygen atoms in total. The molecule has 0 radical (unpaired) electrons. The molecule has 4 rings (SSSR count). The molecule has 35 heavy (non-hydrogen) atoms. The molecule has 0 amide bonds. The number of halogens is 1. The molecule has 1 aromatic carbocycles. The average molecular weight is 480 g/mol. The van der Waals surface area contributed by atoms with Crippen LogP contribution in [0.1, 0.15) is 56.0 Å². The molecule has 3 aromatic rings. The van der Waals surface area contributed by atoms with Gasteiger partial charge in [-0.1, -0.05) is 26.0 Å². The highest BCUT2D eigenvalue weighted by molar-refractivity contribution is 5.68. The number of carboxylic acids is 1. The van der Waals surface area contributed by atoms with Crippen LogP contribution in [0.15, 0.2) is 42.7 Å². The molecular formula is C27H30FN3O4. The van der Waals surface area contributed by atoms with Crippen LogP contribution in [0, 0.1) is 17.7 Å². The predicted octanol–water partition coefficient (Wildman–Crippen LogP) is 5.43. The number of aromatic nitrogens is 3. The van der Waals surface area contributed by atoms with E-state index in [9.17, 15) is 14.3 Å². The second kappa shape index (κ2) is 10.8. The fourth-order valence-electron chi connectivity index (χ4n) is 4.24. The van der Waals surface area contributed by atoms with Crippen LogP contribution in [0.3, 0.4) is 0 Å². The molecular weight excluding hydrogens is 449 g/mol. The lowest BCUT2D eigenvalue weighted by atomic mass is 9.91. The topological polar surface area (TPSA) is 94.4 Å². The summed E-state index contributed by atoms with van der Waals surface area (Å²) in [6.45, 7) is 4.32. The molecule has 1 fully saturated rings. The van der Waals surface area contributed by atoms with E-state index in [2.05, 4.69) is 23.8 Å². The van der Waals surface area contributed by atoms with Crippen LogP contribution in [0.2, 0.25) is 0 Å². The number of hydrogen-bond donors (Lipinski definition) is 1. The third-order valence-electron chi connectivity index (χ3n) is 6.05. The van der Waals surface area contributed by atoms with Crippen molar-refractivity contribution < 1.29 is 23.8 Å². The summed E-state index contributed by atoms with van der Waals surface area (Å²) in [6.07, 6.45) is 5.58. The van der Waals surface area contributed by atoms with Crippen molar-refractivity contribution in [3.05, 3.63) is 65.5 Å². The van der Waals surface area contributed by atoms with Gasteiger partial charge in [0.15, 0.2) is 5.82 Å². The SMILES string of the molecule is COc1cc(-c2ncc(COc3cccc([C@@H](CC(=O)O)C4CC4)c3)nc2CC(C)C)c(F)cn1. The summed E-state index contributed by atoms with van der Waals surface area (Å²) in [6, 6.07) is 9.15. The van der Waals surface area contributed by atoms with Crippen LogP contribution in [0.4, 0.5) is 4.39 Å². The molecule has 1 N–H and O–H groups in total. The Morgan fingerprint density at radius 2 is 2.00 bits per heavy atom. The van der Waals surface area contributed by atoms with Gasteiger partial charge in [0.2, 0.25) is 5.88 Å². The number of rotatable bonds is 11. The van der Waals surface area contributed by atoms with Gasteiger partial charge in [-0.25, -0.2) is 9.37 Å². The zero-order valence-electron chi connectivity index (χ0n) is 20.2. The summed E-state index contributed by atoms with van der Waals surface area (Å²) in [5, 5.41) is 9.30. The van der Waals surface area contributed by atoms with Crippen molar-refractivity contribution in [2.45, 2.75) is 52.1 Å². The molecule has 1 aliphatic rings. The number of benzene rings is 1. The van der Waals surface area contributed by atoms with Gasteiger partial charge in [-0.15, -0.1) is 0 Å². The van der Waals surface area contributed by atoms with E-state index < -0.39 is 11.8 Å². The molecule has 184 valence electrons. The highest BCUT2D eigenvalue weighted by Gasteiger charge is 2.33. The molecule has 1 saturated carbocycles. The summed E-state index contributed by atoms with van der Waals surface area (Å²) in [5.41, 5.74) is 3.04. The van der Waals surface area contributed by atoms with Gasteiger partial charge in [0.25, 0.3) is 0 Å². The highest BCUT2D eigenvalue weighted by Crippen LogP contribution is 2.45. The number of aliphatic carboxylic acids is 1. The molecule has 0 unspecified atom stereocenters. The van der Waals surface area contributed by atoms with Crippen LogP contribution in [0.25, 0.3) is 11.3 Å². The Morgan fingerprint density at radius 3 is 2.69 bits per heavy atom.